The van der Waals surface area contributed by atoms with Crippen LogP contribution in [0.15, 0.2) is 103 Å². The molecular formula is C30H26N4O. The van der Waals surface area contributed by atoms with Crippen molar-refractivity contribution in [3.8, 4) is 11.3 Å². The smallest absolute Gasteiger partial charge is 0.229 e. The fraction of sp³-hybridized carbons (Fsp3) is 0.100. The topological polar surface area (TPSA) is 80.9 Å². The third kappa shape index (κ3) is 5.53. The van der Waals surface area contributed by atoms with Crippen LogP contribution in [-0.2, 0) is 24.1 Å². The molecule has 3 N–H and O–H groups in total. The highest BCUT2D eigenvalue weighted by atomic mass is 16.1. The molecule has 0 saturated carbocycles. The monoisotopic (exact) mass is 458 g/mol. The Balaban J connectivity index is 1.38. The van der Waals surface area contributed by atoms with Gasteiger partial charge in [-0.25, -0.2) is 9.97 Å². The van der Waals surface area contributed by atoms with E-state index in [0.717, 1.165) is 39.7 Å². The summed E-state index contributed by atoms with van der Waals surface area (Å²) in [7, 11) is 0. The predicted octanol–water partition coefficient (Wildman–Crippen LogP) is 5.85. The average Bonchev–Trinajstić information content (AvgIpc) is 2.89. The minimum atomic E-state index is -0.115. The predicted molar refractivity (Wildman–Crippen MR) is 142 cm³/mol. The van der Waals surface area contributed by atoms with Gasteiger partial charge in [-0.2, -0.15) is 0 Å². The number of nitrogens with two attached hydrogens (primary N) is 1. The van der Waals surface area contributed by atoms with Crippen LogP contribution in [0.5, 0.6) is 0 Å². The molecule has 0 saturated heterocycles. The highest BCUT2D eigenvalue weighted by molar-refractivity contribution is 5.93. The van der Waals surface area contributed by atoms with Gasteiger partial charge in [0.2, 0.25) is 5.91 Å². The van der Waals surface area contributed by atoms with Crippen molar-refractivity contribution < 1.29 is 4.79 Å². The second-order valence-corrected chi connectivity index (χ2v) is 8.56. The zero-order valence-corrected chi connectivity index (χ0v) is 19.3. The number of benzene rings is 4. The summed E-state index contributed by atoms with van der Waals surface area (Å²) in [4.78, 5) is 22.4. The molecule has 5 heteroatoms. The van der Waals surface area contributed by atoms with E-state index in [1.807, 2.05) is 66.7 Å². The number of anilines is 2. The molecule has 0 radical (unpaired) electrons. The fourth-order valence-corrected chi connectivity index (χ4v) is 4.12. The van der Waals surface area contributed by atoms with Crippen LogP contribution in [-0.4, -0.2) is 15.9 Å². The lowest BCUT2D eigenvalue weighted by atomic mass is 10.0. The molecule has 0 spiro atoms. The molecular weight excluding hydrogens is 432 g/mol. The van der Waals surface area contributed by atoms with Crippen LogP contribution >= 0.6 is 0 Å². The first-order valence-electron chi connectivity index (χ1n) is 11.7. The molecule has 0 unspecified atom stereocenters. The summed E-state index contributed by atoms with van der Waals surface area (Å²) in [6.45, 7) is 0. The number of amides is 1. The SMILES string of the molecule is Nc1ccc(-c2cnc(NC(=O)Cc3ccc4ccccc4c3)c(CCc3ccccc3)n2)cc1. The zero-order chi connectivity index (χ0) is 24.0. The Kier molecular flexibility index (Phi) is 6.48. The van der Waals surface area contributed by atoms with E-state index in [-0.39, 0.29) is 12.3 Å². The minimum absolute atomic E-state index is 0.115. The highest BCUT2D eigenvalue weighted by Gasteiger charge is 2.13. The number of hydrogen-bond donors (Lipinski definition) is 2. The van der Waals surface area contributed by atoms with E-state index < -0.39 is 0 Å². The van der Waals surface area contributed by atoms with Crippen LogP contribution in [0.3, 0.4) is 0 Å². The van der Waals surface area contributed by atoms with Crippen molar-refractivity contribution in [3.63, 3.8) is 0 Å². The van der Waals surface area contributed by atoms with E-state index >= 15 is 0 Å². The van der Waals surface area contributed by atoms with Gasteiger partial charge in [0.05, 0.1) is 24.0 Å². The van der Waals surface area contributed by atoms with Gasteiger partial charge < -0.3 is 11.1 Å². The van der Waals surface area contributed by atoms with Gasteiger partial charge in [-0.1, -0.05) is 84.9 Å². The second-order valence-electron chi connectivity index (χ2n) is 8.56. The van der Waals surface area contributed by atoms with Gasteiger partial charge in [0.25, 0.3) is 0 Å². The van der Waals surface area contributed by atoms with Gasteiger partial charge in [0.1, 0.15) is 0 Å². The lowest BCUT2D eigenvalue weighted by molar-refractivity contribution is -0.115. The summed E-state index contributed by atoms with van der Waals surface area (Å²) in [5, 5.41) is 5.27. The van der Waals surface area contributed by atoms with Crippen molar-refractivity contribution in [2.45, 2.75) is 19.3 Å². The molecule has 0 bridgehead atoms. The summed E-state index contributed by atoms with van der Waals surface area (Å²) in [5.41, 5.74) is 11.1. The zero-order valence-electron chi connectivity index (χ0n) is 19.3. The molecule has 172 valence electrons. The first-order valence-corrected chi connectivity index (χ1v) is 11.7. The number of nitrogen functional groups attached to an aromatic ring is 1. The summed E-state index contributed by atoms with van der Waals surface area (Å²) in [6.07, 6.45) is 3.42. The maximum Gasteiger partial charge on any atom is 0.229 e. The number of nitrogens with one attached hydrogen (secondary N) is 1. The molecule has 4 aromatic carbocycles. The van der Waals surface area contributed by atoms with Crippen molar-refractivity contribution >= 4 is 28.2 Å². The van der Waals surface area contributed by atoms with Crippen LogP contribution < -0.4 is 11.1 Å². The molecule has 0 aliphatic heterocycles. The van der Waals surface area contributed by atoms with E-state index in [2.05, 4.69) is 40.6 Å². The normalized spacial score (nSPS) is 10.9. The Morgan fingerprint density at radius 1 is 0.771 bits per heavy atom. The number of fused-ring (bicyclic) bond motifs is 1. The number of aryl methyl sites for hydroxylation is 2. The number of rotatable bonds is 7. The van der Waals surface area contributed by atoms with Gasteiger partial charge in [-0.3, -0.25) is 4.79 Å². The molecule has 0 aliphatic carbocycles. The van der Waals surface area contributed by atoms with E-state index in [1.54, 1.807) is 6.20 Å². The first-order chi connectivity index (χ1) is 17.1. The lowest BCUT2D eigenvalue weighted by Crippen LogP contribution is -2.17. The van der Waals surface area contributed by atoms with E-state index in [0.29, 0.717) is 17.9 Å². The quantitative estimate of drug-likeness (QED) is 0.300. The third-order valence-electron chi connectivity index (χ3n) is 5.98. The molecule has 1 aromatic heterocycles. The van der Waals surface area contributed by atoms with Crippen molar-refractivity contribution in [3.05, 3.63) is 120 Å². The largest absolute Gasteiger partial charge is 0.399 e. The van der Waals surface area contributed by atoms with Gasteiger partial charge in [0, 0.05) is 11.3 Å². The van der Waals surface area contributed by atoms with Crippen molar-refractivity contribution in [1.29, 1.82) is 0 Å². The number of nitrogens with zero attached hydrogens (tertiary/aromatic N) is 2. The van der Waals surface area contributed by atoms with Gasteiger partial charge in [0.15, 0.2) is 5.82 Å². The molecule has 35 heavy (non-hydrogen) atoms. The Labute approximate surface area is 204 Å². The molecule has 5 nitrogen and oxygen atoms in total. The average molecular weight is 459 g/mol. The molecule has 0 aliphatic rings. The van der Waals surface area contributed by atoms with Crippen LogP contribution in [0.2, 0.25) is 0 Å². The van der Waals surface area contributed by atoms with Crippen LogP contribution in [0.4, 0.5) is 11.5 Å². The van der Waals surface area contributed by atoms with Gasteiger partial charge in [-0.15, -0.1) is 0 Å². The maximum atomic E-state index is 12.9. The van der Waals surface area contributed by atoms with Crippen molar-refractivity contribution in [1.82, 2.24) is 9.97 Å². The second kappa shape index (κ2) is 10.2. The summed E-state index contributed by atoms with van der Waals surface area (Å²) < 4.78 is 0. The molecule has 5 rings (SSSR count). The van der Waals surface area contributed by atoms with Gasteiger partial charge >= 0.3 is 0 Å². The Morgan fingerprint density at radius 2 is 1.51 bits per heavy atom. The van der Waals surface area contributed by atoms with Crippen molar-refractivity contribution in [2.24, 2.45) is 0 Å². The minimum Gasteiger partial charge on any atom is -0.399 e. The summed E-state index contributed by atoms with van der Waals surface area (Å²) in [5.74, 6) is 0.390. The van der Waals surface area contributed by atoms with Crippen LogP contribution in [0.25, 0.3) is 22.0 Å². The van der Waals surface area contributed by atoms with Gasteiger partial charge in [-0.05, 0) is 46.9 Å². The fourth-order valence-electron chi connectivity index (χ4n) is 4.12. The Hall–Kier alpha value is -4.51. The Morgan fingerprint density at radius 3 is 2.31 bits per heavy atom. The molecule has 1 heterocycles. The van der Waals surface area contributed by atoms with Crippen LogP contribution in [0.1, 0.15) is 16.8 Å². The number of carbonyl (C=O) groups excluding carboxylic acids is 1. The number of aromatic nitrogens is 2. The summed E-state index contributed by atoms with van der Waals surface area (Å²) in [6, 6.07) is 32.0. The highest BCUT2D eigenvalue weighted by Crippen LogP contribution is 2.23. The molecule has 0 fully saturated rings. The number of carbonyl (C=O) groups is 1. The van der Waals surface area contributed by atoms with Crippen LogP contribution in [0, 0.1) is 0 Å². The maximum absolute atomic E-state index is 12.9. The van der Waals surface area contributed by atoms with E-state index in [9.17, 15) is 4.79 Å². The standard InChI is InChI=1S/C30H26N4O/c31-26-15-13-24(14-16-26)28-20-32-30(27(33-28)17-11-21-6-2-1-3-7-21)34-29(35)19-22-10-12-23-8-4-5-9-25(23)18-22/h1-10,12-16,18,20H,11,17,19,31H2,(H,32,34,35). The lowest BCUT2D eigenvalue weighted by Gasteiger charge is -2.12. The molecule has 1 amide bonds. The molecule has 5 aromatic rings. The number of hydrogen-bond acceptors (Lipinski definition) is 4. The molecule has 0 atom stereocenters. The third-order valence-corrected chi connectivity index (χ3v) is 5.98. The Bertz CT molecular complexity index is 1460. The van der Waals surface area contributed by atoms with E-state index in [4.69, 9.17) is 10.7 Å². The first kappa shape index (κ1) is 22.3. The van der Waals surface area contributed by atoms with Crippen molar-refractivity contribution in [2.75, 3.05) is 11.1 Å². The summed E-state index contributed by atoms with van der Waals surface area (Å²) >= 11 is 0. The van der Waals surface area contributed by atoms with E-state index in [1.165, 1.54) is 5.56 Å².